The SMILES string of the molecule is Nc1c(Cl)cccc1OC1CCCC1. The number of nitrogen functional groups attached to an aromatic ring is 1. The van der Waals surface area contributed by atoms with Crippen molar-refractivity contribution < 1.29 is 4.74 Å². The Balaban J connectivity index is 2.11. The van der Waals surface area contributed by atoms with Crippen LogP contribution in [0.1, 0.15) is 25.7 Å². The topological polar surface area (TPSA) is 35.2 Å². The number of halogens is 1. The molecule has 2 rings (SSSR count). The molecule has 0 heterocycles. The number of benzene rings is 1. The molecule has 0 spiro atoms. The molecular weight excluding hydrogens is 198 g/mol. The molecule has 2 nitrogen and oxygen atoms in total. The molecule has 0 radical (unpaired) electrons. The molecule has 0 amide bonds. The van der Waals surface area contributed by atoms with Crippen molar-refractivity contribution >= 4 is 17.3 Å². The number of hydrogen-bond donors (Lipinski definition) is 1. The first kappa shape index (κ1) is 9.66. The van der Waals surface area contributed by atoms with Crippen molar-refractivity contribution in [3.8, 4) is 5.75 Å². The minimum atomic E-state index is 0.329. The fraction of sp³-hybridized carbons (Fsp3) is 0.455. The van der Waals surface area contributed by atoms with E-state index in [2.05, 4.69) is 0 Å². The van der Waals surface area contributed by atoms with Gasteiger partial charge in [0, 0.05) is 0 Å². The largest absolute Gasteiger partial charge is 0.488 e. The number of nitrogens with two attached hydrogens (primary N) is 1. The summed E-state index contributed by atoms with van der Waals surface area (Å²) in [5.41, 5.74) is 6.36. The minimum Gasteiger partial charge on any atom is -0.488 e. The zero-order chi connectivity index (χ0) is 9.97. The molecule has 0 unspecified atom stereocenters. The van der Waals surface area contributed by atoms with Gasteiger partial charge in [0.1, 0.15) is 5.75 Å². The van der Waals surface area contributed by atoms with Crippen LogP contribution in [0.15, 0.2) is 18.2 Å². The molecular formula is C11H14ClNO. The van der Waals surface area contributed by atoms with E-state index in [0.717, 1.165) is 18.6 Å². The van der Waals surface area contributed by atoms with E-state index in [1.165, 1.54) is 12.8 Å². The van der Waals surface area contributed by atoms with Crippen LogP contribution < -0.4 is 10.5 Å². The molecule has 1 aliphatic rings. The second-order valence-electron chi connectivity index (χ2n) is 3.68. The van der Waals surface area contributed by atoms with Gasteiger partial charge in [-0.25, -0.2) is 0 Å². The Bertz CT molecular complexity index is 321. The molecule has 1 aromatic carbocycles. The summed E-state index contributed by atoms with van der Waals surface area (Å²) in [6, 6.07) is 5.51. The fourth-order valence-corrected chi connectivity index (χ4v) is 1.97. The average Bonchev–Trinajstić information content (AvgIpc) is 2.66. The standard InChI is InChI=1S/C11H14ClNO/c12-9-6-3-7-10(11(9)13)14-8-4-1-2-5-8/h3,6-8H,1-2,4-5,13H2. The molecule has 1 aromatic rings. The highest BCUT2D eigenvalue weighted by molar-refractivity contribution is 6.33. The summed E-state index contributed by atoms with van der Waals surface area (Å²) >= 11 is 5.89. The Kier molecular flexibility index (Phi) is 2.82. The highest BCUT2D eigenvalue weighted by atomic mass is 35.5. The third kappa shape index (κ3) is 1.95. The van der Waals surface area contributed by atoms with E-state index in [-0.39, 0.29) is 0 Å². The first-order valence-corrected chi connectivity index (χ1v) is 5.36. The number of ether oxygens (including phenoxy) is 1. The quantitative estimate of drug-likeness (QED) is 0.763. The van der Waals surface area contributed by atoms with Crippen molar-refractivity contribution in [2.24, 2.45) is 0 Å². The Morgan fingerprint density at radius 1 is 1.29 bits per heavy atom. The summed E-state index contributed by atoms with van der Waals surface area (Å²) in [6.45, 7) is 0. The van der Waals surface area contributed by atoms with Crippen LogP contribution in [0.25, 0.3) is 0 Å². The van der Waals surface area contributed by atoms with Crippen LogP contribution in [0, 0.1) is 0 Å². The van der Waals surface area contributed by atoms with Crippen molar-refractivity contribution in [2.75, 3.05) is 5.73 Å². The van der Waals surface area contributed by atoms with Crippen LogP contribution in [0.4, 0.5) is 5.69 Å². The highest BCUT2D eigenvalue weighted by Crippen LogP contribution is 2.32. The summed E-state index contributed by atoms with van der Waals surface area (Å²) < 4.78 is 5.78. The normalized spacial score (nSPS) is 17.2. The predicted molar refractivity (Wildman–Crippen MR) is 58.7 cm³/mol. The highest BCUT2D eigenvalue weighted by Gasteiger charge is 2.17. The lowest BCUT2D eigenvalue weighted by atomic mass is 10.2. The lowest BCUT2D eigenvalue weighted by molar-refractivity contribution is 0.211. The second-order valence-corrected chi connectivity index (χ2v) is 4.08. The van der Waals surface area contributed by atoms with Gasteiger partial charge >= 0.3 is 0 Å². The van der Waals surface area contributed by atoms with Crippen molar-refractivity contribution in [1.29, 1.82) is 0 Å². The third-order valence-electron chi connectivity index (χ3n) is 2.61. The second kappa shape index (κ2) is 4.09. The van der Waals surface area contributed by atoms with E-state index in [1.54, 1.807) is 6.07 Å². The molecule has 0 aromatic heterocycles. The van der Waals surface area contributed by atoms with Gasteiger partial charge in [0.05, 0.1) is 16.8 Å². The zero-order valence-electron chi connectivity index (χ0n) is 8.00. The number of anilines is 1. The van der Waals surface area contributed by atoms with Gasteiger partial charge in [-0.05, 0) is 37.8 Å². The summed E-state index contributed by atoms with van der Waals surface area (Å²) in [5, 5.41) is 0.570. The first-order valence-electron chi connectivity index (χ1n) is 4.98. The van der Waals surface area contributed by atoms with Gasteiger partial charge < -0.3 is 10.5 Å². The Hall–Kier alpha value is -0.890. The molecule has 3 heteroatoms. The van der Waals surface area contributed by atoms with Crippen LogP contribution in [-0.4, -0.2) is 6.10 Å². The first-order chi connectivity index (χ1) is 6.77. The maximum absolute atomic E-state index is 5.89. The Labute approximate surface area is 89.0 Å². The van der Waals surface area contributed by atoms with E-state index in [0.29, 0.717) is 16.8 Å². The smallest absolute Gasteiger partial charge is 0.144 e. The van der Waals surface area contributed by atoms with Gasteiger partial charge in [-0.3, -0.25) is 0 Å². The fourth-order valence-electron chi connectivity index (χ4n) is 1.81. The lowest BCUT2D eigenvalue weighted by Crippen LogP contribution is -2.12. The van der Waals surface area contributed by atoms with Crippen molar-refractivity contribution in [3.05, 3.63) is 23.2 Å². The number of rotatable bonds is 2. The van der Waals surface area contributed by atoms with E-state index < -0.39 is 0 Å². The summed E-state index contributed by atoms with van der Waals surface area (Å²) in [6.07, 6.45) is 5.10. The molecule has 0 atom stereocenters. The average molecular weight is 212 g/mol. The molecule has 14 heavy (non-hydrogen) atoms. The van der Waals surface area contributed by atoms with Crippen LogP contribution in [-0.2, 0) is 0 Å². The van der Waals surface area contributed by atoms with Crippen LogP contribution in [0.2, 0.25) is 5.02 Å². The van der Waals surface area contributed by atoms with E-state index in [9.17, 15) is 0 Å². The Morgan fingerprint density at radius 2 is 2.00 bits per heavy atom. The monoisotopic (exact) mass is 211 g/mol. The van der Waals surface area contributed by atoms with Crippen LogP contribution in [0.3, 0.4) is 0 Å². The predicted octanol–water partition coefficient (Wildman–Crippen LogP) is 3.24. The molecule has 1 aliphatic carbocycles. The maximum atomic E-state index is 5.89. The van der Waals surface area contributed by atoms with Crippen molar-refractivity contribution in [2.45, 2.75) is 31.8 Å². The summed E-state index contributed by atoms with van der Waals surface area (Å²) in [4.78, 5) is 0. The van der Waals surface area contributed by atoms with Gasteiger partial charge in [0.15, 0.2) is 0 Å². The molecule has 2 N–H and O–H groups in total. The minimum absolute atomic E-state index is 0.329. The van der Waals surface area contributed by atoms with Gasteiger partial charge in [-0.2, -0.15) is 0 Å². The molecule has 0 aliphatic heterocycles. The molecule has 76 valence electrons. The van der Waals surface area contributed by atoms with Gasteiger partial charge in [-0.1, -0.05) is 17.7 Å². The van der Waals surface area contributed by atoms with Gasteiger partial charge in [-0.15, -0.1) is 0 Å². The summed E-state index contributed by atoms with van der Waals surface area (Å²) in [7, 11) is 0. The maximum Gasteiger partial charge on any atom is 0.144 e. The zero-order valence-corrected chi connectivity index (χ0v) is 8.76. The lowest BCUT2D eigenvalue weighted by Gasteiger charge is -2.15. The van der Waals surface area contributed by atoms with Gasteiger partial charge in [0.25, 0.3) is 0 Å². The van der Waals surface area contributed by atoms with Crippen LogP contribution >= 0.6 is 11.6 Å². The molecule has 1 saturated carbocycles. The van der Waals surface area contributed by atoms with Crippen LogP contribution in [0.5, 0.6) is 5.75 Å². The summed E-state index contributed by atoms with van der Waals surface area (Å²) in [5.74, 6) is 0.726. The number of hydrogen-bond acceptors (Lipinski definition) is 2. The molecule has 0 bridgehead atoms. The Morgan fingerprint density at radius 3 is 2.71 bits per heavy atom. The van der Waals surface area contributed by atoms with E-state index in [1.807, 2.05) is 12.1 Å². The molecule has 0 saturated heterocycles. The van der Waals surface area contributed by atoms with Crippen molar-refractivity contribution in [3.63, 3.8) is 0 Å². The van der Waals surface area contributed by atoms with Crippen molar-refractivity contribution in [1.82, 2.24) is 0 Å². The van der Waals surface area contributed by atoms with E-state index >= 15 is 0 Å². The van der Waals surface area contributed by atoms with Gasteiger partial charge in [0.2, 0.25) is 0 Å². The third-order valence-corrected chi connectivity index (χ3v) is 2.94. The molecule has 1 fully saturated rings. The van der Waals surface area contributed by atoms with E-state index in [4.69, 9.17) is 22.1 Å². The number of para-hydroxylation sites is 1.